The number of carbonyl (C=O) groups excluding carboxylic acids is 1. The van der Waals surface area contributed by atoms with Gasteiger partial charge in [0, 0.05) is 35.6 Å². The Morgan fingerprint density at radius 2 is 1.81 bits per heavy atom. The first-order chi connectivity index (χ1) is 12.5. The number of nitro benzene ring substituents is 1. The highest BCUT2D eigenvalue weighted by Crippen LogP contribution is 2.52. The van der Waals surface area contributed by atoms with Crippen LogP contribution in [0.4, 0.5) is 11.4 Å². The van der Waals surface area contributed by atoms with Crippen molar-refractivity contribution in [1.29, 1.82) is 0 Å². The number of nitro groups is 1. The summed E-state index contributed by atoms with van der Waals surface area (Å²) in [6.45, 7) is 0. The lowest BCUT2D eigenvalue weighted by Gasteiger charge is -2.29. The monoisotopic (exact) mass is 358 g/mol. The molecule has 0 bridgehead atoms. The number of hydrogen-bond donors (Lipinski definition) is 1. The quantitative estimate of drug-likeness (QED) is 0.651. The van der Waals surface area contributed by atoms with E-state index in [1.54, 1.807) is 24.3 Å². The number of fused-ring (bicyclic) bond motifs is 1. The summed E-state index contributed by atoms with van der Waals surface area (Å²) in [5.74, 6) is 0.357. The van der Waals surface area contributed by atoms with Gasteiger partial charge in [0.15, 0.2) is 11.5 Å². The molecule has 1 atom stereocenters. The molecule has 0 aromatic heterocycles. The van der Waals surface area contributed by atoms with E-state index in [0.29, 0.717) is 34.1 Å². The molecule has 0 radical (unpaired) electrons. The highest BCUT2D eigenvalue weighted by molar-refractivity contribution is 5.97. The van der Waals surface area contributed by atoms with Gasteiger partial charge in [-0.3, -0.25) is 14.9 Å². The molecule has 2 aromatic carbocycles. The number of para-hydroxylation sites is 1. The maximum absolute atomic E-state index is 12.3. The van der Waals surface area contributed by atoms with Crippen LogP contribution in [0.25, 0.3) is 0 Å². The molecule has 1 amide bonds. The first kappa shape index (κ1) is 17.5. The third-order valence-electron chi connectivity index (χ3n) is 4.39. The Morgan fingerprint density at radius 1 is 1.12 bits per heavy atom. The molecule has 0 aliphatic carbocycles. The van der Waals surface area contributed by atoms with Crippen LogP contribution < -0.4 is 19.5 Å². The fourth-order valence-corrected chi connectivity index (χ4v) is 3.33. The summed E-state index contributed by atoms with van der Waals surface area (Å²) in [4.78, 5) is 23.3. The number of nitrogens with zero attached hydrogens (tertiary/aromatic N) is 1. The van der Waals surface area contributed by atoms with E-state index in [9.17, 15) is 14.9 Å². The highest BCUT2D eigenvalue weighted by Gasteiger charge is 2.36. The zero-order valence-electron chi connectivity index (χ0n) is 14.6. The molecule has 1 N–H and O–H groups in total. The normalized spacial score (nSPS) is 15.7. The van der Waals surface area contributed by atoms with Crippen molar-refractivity contribution in [2.45, 2.75) is 12.3 Å². The number of methoxy groups -OCH3 is 3. The van der Waals surface area contributed by atoms with Crippen LogP contribution in [0.1, 0.15) is 23.5 Å². The van der Waals surface area contributed by atoms with E-state index < -0.39 is 10.8 Å². The summed E-state index contributed by atoms with van der Waals surface area (Å²) in [6, 6.07) is 8.02. The largest absolute Gasteiger partial charge is 0.493 e. The third-order valence-corrected chi connectivity index (χ3v) is 4.39. The number of ether oxygens (including phenoxy) is 3. The lowest BCUT2D eigenvalue weighted by molar-refractivity contribution is -0.385. The zero-order chi connectivity index (χ0) is 18.8. The van der Waals surface area contributed by atoms with Gasteiger partial charge in [0.25, 0.3) is 5.69 Å². The van der Waals surface area contributed by atoms with Crippen molar-refractivity contribution in [2.75, 3.05) is 26.6 Å². The van der Waals surface area contributed by atoms with Gasteiger partial charge in [-0.25, -0.2) is 0 Å². The second kappa shape index (κ2) is 6.91. The number of benzene rings is 2. The van der Waals surface area contributed by atoms with Crippen LogP contribution in [0.5, 0.6) is 17.2 Å². The Labute approximate surface area is 149 Å². The number of amides is 1. The predicted molar refractivity (Wildman–Crippen MR) is 94.3 cm³/mol. The van der Waals surface area contributed by atoms with Crippen LogP contribution in [0.3, 0.4) is 0 Å². The molecule has 1 heterocycles. The Balaban J connectivity index is 2.30. The van der Waals surface area contributed by atoms with Crippen LogP contribution in [-0.2, 0) is 4.79 Å². The van der Waals surface area contributed by atoms with Gasteiger partial charge in [-0.2, -0.15) is 0 Å². The van der Waals surface area contributed by atoms with Gasteiger partial charge in [0.1, 0.15) is 0 Å². The lowest BCUT2D eigenvalue weighted by Crippen LogP contribution is -2.25. The van der Waals surface area contributed by atoms with Gasteiger partial charge >= 0.3 is 0 Å². The number of carbonyl (C=O) groups is 1. The molecule has 1 aliphatic heterocycles. The van der Waals surface area contributed by atoms with Crippen molar-refractivity contribution in [1.82, 2.24) is 0 Å². The van der Waals surface area contributed by atoms with Crippen molar-refractivity contribution in [3.05, 3.63) is 51.6 Å². The SMILES string of the molecule is COc1cc2c(c(OC)c1OC)[C@H](c1ccccc1[N+](=O)[O-])CC(=O)N2. The minimum atomic E-state index is -0.546. The molecule has 0 saturated heterocycles. The third kappa shape index (κ3) is 2.79. The molecule has 0 saturated carbocycles. The molecule has 136 valence electrons. The van der Waals surface area contributed by atoms with Crippen molar-refractivity contribution in [3.8, 4) is 17.2 Å². The molecule has 0 spiro atoms. The van der Waals surface area contributed by atoms with E-state index in [-0.39, 0.29) is 18.0 Å². The van der Waals surface area contributed by atoms with Crippen LogP contribution in [0.2, 0.25) is 0 Å². The molecule has 1 aliphatic rings. The molecule has 3 rings (SSSR count). The number of anilines is 1. The average Bonchev–Trinajstić information content (AvgIpc) is 2.65. The molecule has 0 unspecified atom stereocenters. The maximum atomic E-state index is 12.3. The molecule has 8 nitrogen and oxygen atoms in total. The maximum Gasteiger partial charge on any atom is 0.273 e. The average molecular weight is 358 g/mol. The highest BCUT2D eigenvalue weighted by atomic mass is 16.6. The Bertz CT molecular complexity index is 880. The molecule has 2 aromatic rings. The summed E-state index contributed by atoms with van der Waals surface area (Å²) in [5.41, 5.74) is 1.51. The second-order valence-electron chi connectivity index (χ2n) is 5.73. The molecule has 8 heteroatoms. The van der Waals surface area contributed by atoms with Gasteiger partial charge < -0.3 is 19.5 Å². The summed E-state index contributed by atoms with van der Waals surface area (Å²) < 4.78 is 16.3. The van der Waals surface area contributed by atoms with Crippen LogP contribution in [-0.4, -0.2) is 32.2 Å². The van der Waals surface area contributed by atoms with E-state index in [4.69, 9.17) is 14.2 Å². The smallest absolute Gasteiger partial charge is 0.273 e. The van der Waals surface area contributed by atoms with E-state index >= 15 is 0 Å². The second-order valence-corrected chi connectivity index (χ2v) is 5.73. The molecule has 26 heavy (non-hydrogen) atoms. The molecule has 0 fully saturated rings. The van der Waals surface area contributed by atoms with Crippen LogP contribution in [0, 0.1) is 10.1 Å². The lowest BCUT2D eigenvalue weighted by atomic mass is 9.83. The summed E-state index contributed by atoms with van der Waals surface area (Å²) >= 11 is 0. The first-order valence-corrected chi connectivity index (χ1v) is 7.87. The standard InChI is InChI=1S/C18H18N2O6/c1-24-14-9-12-16(18(26-3)17(14)25-2)11(8-15(21)19-12)10-6-4-5-7-13(10)20(22)23/h4-7,9,11H,8H2,1-3H3,(H,19,21)/t11-/m0/s1. The fraction of sp³-hybridized carbons (Fsp3) is 0.278. The van der Waals surface area contributed by atoms with E-state index in [1.165, 1.54) is 27.4 Å². The zero-order valence-corrected chi connectivity index (χ0v) is 14.6. The van der Waals surface area contributed by atoms with E-state index in [0.717, 1.165) is 0 Å². The molecular formula is C18H18N2O6. The van der Waals surface area contributed by atoms with E-state index in [1.807, 2.05) is 0 Å². The number of hydrogen-bond acceptors (Lipinski definition) is 6. The van der Waals surface area contributed by atoms with Gasteiger partial charge in [0.2, 0.25) is 11.7 Å². The van der Waals surface area contributed by atoms with Gasteiger partial charge in [-0.1, -0.05) is 18.2 Å². The van der Waals surface area contributed by atoms with Gasteiger partial charge in [-0.15, -0.1) is 0 Å². The van der Waals surface area contributed by atoms with Crippen molar-refractivity contribution < 1.29 is 23.9 Å². The van der Waals surface area contributed by atoms with Crippen LogP contribution >= 0.6 is 0 Å². The predicted octanol–water partition coefficient (Wildman–Crippen LogP) is 3.09. The van der Waals surface area contributed by atoms with Gasteiger partial charge in [0.05, 0.1) is 31.9 Å². The summed E-state index contributed by atoms with van der Waals surface area (Å²) in [6.07, 6.45) is 0.0592. The topological polar surface area (TPSA) is 99.9 Å². The number of rotatable bonds is 5. The first-order valence-electron chi connectivity index (χ1n) is 7.87. The summed E-state index contributed by atoms with van der Waals surface area (Å²) in [7, 11) is 4.44. The van der Waals surface area contributed by atoms with Crippen molar-refractivity contribution in [2.24, 2.45) is 0 Å². The van der Waals surface area contributed by atoms with Crippen LogP contribution in [0.15, 0.2) is 30.3 Å². The van der Waals surface area contributed by atoms with Crippen molar-refractivity contribution >= 4 is 17.3 Å². The summed E-state index contributed by atoms with van der Waals surface area (Å²) in [5, 5.41) is 14.2. The minimum absolute atomic E-state index is 0.0463. The Hall–Kier alpha value is -3.29. The van der Waals surface area contributed by atoms with Gasteiger partial charge in [-0.05, 0) is 0 Å². The Morgan fingerprint density at radius 3 is 2.42 bits per heavy atom. The molecular weight excluding hydrogens is 340 g/mol. The van der Waals surface area contributed by atoms with Crippen molar-refractivity contribution in [3.63, 3.8) is 0 Å². The fourth-order valence-electron chi connectivity index (χ4n) is 3.33. The number of nitrogens with one attached hydrogen (secondary N) is 1. The Kier molecular flexibility index (Phi) is 4.66. The van der Waals surface area contributed by atoms with E-state index in [2.05, 4.69) is 5.32 Å². The minimum Gasteiger partial charge on any atom is -0.493 e.